The van der Waals surface area contributed by atoms with Crippen LogP contribution in [0.5, 0.6) is 0 Å². The highest BCUT2D eigenvalue weighted by molar-refractivity contribution is 5.91. The van der Waals surface area contributed by atoms with Gasteiger partial charge in [0.15, 0.2) is 0 Å². The van der Waals surface area contributed by atoms with Gasteiger partial charge in [-0.1, -0.05) is 52.0 Å². The van der Waals surface area contributed by atoms with Crippen molar-refractivity contribution in [2.24, 2.45) is 0 Å². The van der Waals surface area contributed by atoms with Gasteiger partial charge in [0.05, 0.1) is 14.2 Å². The standard InChI is InChI=1S/C6H11NO.2C5H9NO.C5H8O2.C4H6O2.C4H8.C3H6/c1-5(2)6(8)7(3)4;1-4-5(7)6(2)3;1-4-6(3)5(2)7;1-4(2)5(6)7-3;1-3-4(5)6-2;1-3-4-2;1-3-2/h1H2,2-4H3;2*4H,1H2,2-3H3;1H2,2-3H3;3H,1H2,2H3;3H,1,4H2,2H3;3H,1H2,2H3. The second-order valence-electron chi connectivity index (χ2n) is 7.83. The molecule has 0 aromatic carbocycles. The number of carbonyl (C=O) groups excluding carboxylic acids is 5. The average Bonchev–Trinajstić information content (AvgIpc) is 2.96. The number of likely N-dealkylation sites (N-methyl/N-ethyl adjacent to an activating group) is 2. The van der Waals surface area contributed by atoms with Crippen LogP contribution in [0.25, 0.3) is 0 Å². The van der Waals surface area contributed by atoms with E-state index < -0.39 is 5.97 Å². The van der Waals surface area contributed by atoms with Crippen molar-refractivity contribution in [2.45, 2.75) is 41.0 Å². The molecule has 0 aliphatic heterocycles. The van der Waals surface area contributed by atoms with Crippen molar-refractivity contribution in [1.29, 1.82) is 0 Å². The summed E-state index contributed by atoms with van der Waals surface area (Å²) in [5, 5.41) is 0. The molecule has 242 valence electrons. The smallest absolute Gasteiger partial charge is 0.332 e. The van der Waals surface area contributed by atoms with Crippen LogP contribution >= 0.6 is 0 Å². The lowest BCUT2D eigenvalue weighted by atomic mass is 10.3. The van der Waals surface area contributed by atoms with Crippen LogP contribution in [0.15, 0.2) is 87.7 Å². The highest BCUT2D eigenvalue weighted by Crippen LogP contribution is 1.90. The highest BCUT2D eigenvalue weighted by atomic mass is 16.5. The number of rotatable bonds is 6. The summed E-state index contributed by atoms with van der Waals surface area (Å²) in [5.41, 5.74) is 1.01. The summed E-state index contributed by atoms with van der Waals surface area (Å²) < 4.78 is 8.42. The highest BCUT2D eigenvalue weighted by Gasteiger charge is 2.01. The Hall–Kier alpha value is -4.47. The molecule has 0 aromatic rings. The van der Waals surface area contributed by atoms with Gasteiger partial charge in [0.1, 0.15) is 0 Å². The van der Waals surface area contributed by atoms with Gasteiger partial charge in [0.25, 0.3) is 0 Å². The molecule has 0 spiro atoms. The van der Waals surface area contributed by atoms with Crippen molar-refractivity contribution < 1.29 is 33.4 Å². The topological polar surface area (TPSA) is 114 Å². The first-order valence-corrected chi connectivity index (χ1v) is 12.4. The van der Waals surface area contributed by atoms with Gasteiger partial charge in [-0.25, -0.2) is 9.59 Å². The largest absolute Gasteiger partial charge is 0.466 e. The number of amides is 3. The van der Waals surface area contributed by atoms with Gasteiger partial charge in [-0.2, -0.15) is 0 Å². The molecule has 10 nitrogen and oxygen atoms in total. The SMILES string of the molecule is C=C(C)C(=O)N(C)C.C=C(C)C(=O)OC.C=CC.C=CC(=O)N(C)C.C=CC(=O)OC.C=CCC.C=CN(C)C(C)=O. The number of ether oxygens (including phenoxy) is 2. The Morgan fingerprint density at radius 1 is 0.714 bits per heavy atom. The Morgan fingerprint density at radius 2 is 1.10 bits per heavy atom. The molecule has 0 radical (unpaired) electrons. The molecule has 0 saturated heterocycles. The summed E-state index contributed by atoms with van der Waals surface area (Å²) in [5.74, 6) is -0.796. The summed E-state index contributed by atoms with van der Waals surface area (Å²) in [6.07, 6.45) is 8.57. The molecule has 0 saturated carbocycles. The number of carbonyl (C=O) groups is 5. The van der Waals surface area contributed by atoms with E-state index in [0.29, 0.717) is 11.1 Å². The molecular formula is C32H57N3O7. The first-order valence-electron chi connectivity index (χ1n) is 12.4. The van der Waals surface area contributed by atoms with Gasteiger partial charge in [-0.3, -0.25) is 14.4 Å². The zero-order valence-electron chi connectivity index (χ0n) is 28.2. The van der Waals surface area contributed by atoms with Gasteiger partial charge >= 0.3 is 11.9 Å². The fraction of sp³-hybridized carbons (Fsp3) is 0.406. The van der Waals surface area contributed by atoms with Crippen molar-refractivity contribution in [2.75, 3.05) is 49.5 Å². The van der Waals surface area contributed by atoms with Gasteiger partial charge in [-0.15, -0.1) is 13.2 Å². The van der Waals surface area contributed by atoms with Crippen molar-refractivity contribution in [3.05, 3.63) is 87.7 Å². The summed E-state index contributed by atoms with van der Waals surface area (Å²) in [7, 11) is 11.1. The number of allylic oxidation sites excluding steroid dienone is 2. The normalized spacial score (nSPS) is 7.33. The molecule has 0 fully saturated rings. The van der Waals surface area contributed by atoms with E-state index in [-0.39, 0.29) is 23.7 Å². The molecule has 0 N–H and O–H groups in total. The summed E-state index contributed by atoms with van der Waals surface area (Å²) >= 11 is 0. The van der Waals surface area contributed by atoms with Gasteiger partial charge in [0, 0.05) is 59.4 Å². The van der Waals surface area contributed by atoms with Crippen LogP contribution in [0.3, 0.4) is 0 Å². The zero-order valence-corrected chi connectivity index (χ0v) is 28.2. The number of esters is 2. The molecule has 0 rings (SSSR count). The maximum absolute atomic E-state index is 10.7. The maximum Gasteiger partial charge on any atom is 0.332 e. The fourth-order valence-electron chi connectivity index (χ4n) is 0.950. The monoisotopic (exact) mass is 595 g/mol. The molecular weight excluding hydrogens is 538 g/mol. The van der Waals surface area contributed by atoms with Crippen LogP contribution in [0.4, 0.5) is 0 Å². The molecule has 0 heterocycles. The molecule has 0 aromatic heterocycles. The van der Waals surface area contributed by atoms with Crippen LogP contribution < -0.4 is 0 Å². The Kier molecular flexibility index (Phi) is 52.5. The molecule has 0 unspecified atom stereocenters. The summed E-state index contributed by atoms with van der Waals surface area (Å²) in [4.78, 5) is 55.6. The second-order valence-corrected chi connectivity index (χ2v) is 7.83. The van der Waals surface area contributed by atoms with Gasteiger partial charge < -0.3 is 24.2 Å². The van der Waals surface area contributed by atoms with E-state index in [1.807, 2.05) is 13.0 Å². The van der Waals surface area contributed by atoms with Gasteiger partial charge in [0.2, 0.25) is 17.7 Å². The van der Waals surface area contributed by atoms with Crippen molar-refractivity contribution >= 4 is 29.7 Å². The van der Waals surface area contributed by atoms with Crippen molar-refractivity contribution in [1.82, 2.24) is 14.7 Å². The van der Waals surface area contributed by atoms with E-state index in [1.54, 1.807) is 55.2 Å². The van der Waals surface area contributed by atoms with Crippen molar-refractivity contribution in [3.8, 4) is 0 Å². The summed E-state index contributed by atoms with van der Waals surface area (Å²) in [6, 6.07) is 0. The molecule has 42 heavy (non-hydrogen) atoms. The zero-order chi connectivity index (χ0) is 35.4. The van der Waals surface area contributed by atoms with Crippen LogP contribution in [-0.4, -0.2) is 93.8 Å². The number of hydrogen-bond acceptors (Lipinski definition) is 7. The quantitative estimate of drug-likeness (QED) is 0.230. The predicted octanol–water partition coefficient (Wildman–Crippen LogP) is 5.38. The minimum Gasteiger partial charge on any atom is -0.466 e. The van der Waals surface area contributed by atoms with E-state index in [1.165, 1.54) is 48.1 Å². The molecule has 0 atom stereocenters. The maximum atomic E-state index is 10.7. The Morgan fingerprint density at radius 3 is 1.10 bits per heavy atom. The number of methoxy groups -OCH3 is 2. The third-order valence-electron chi connectivity index (χ3n) is 3.35. The summed E-state index contributed by atoms with van der Waals surface area (Å²) in [6.45, 7) is 32.3. The van der Waals surface area contributed by atoms with E-state index in [4.69, 9.17) is 0 Å². The second kappa shape index (κ2) is 41.0. The molecule has 0 aliphatic carbocycles. The third kappa shape index (κ3) is 60.2. The van der Waals surface area contributed by atoms with Crippen LogP contribution in [0, 0.1) is 0 Å². The number of nitrogens with zero attached hydrogens (tertiary/aromatic N) is 3. The first kappa shape index (κ1) is 53.7. The van der Waals surface area contributed by atoms with E-state index in [9.17, 15) is 24.0 Å². The lowest BCUT2D eigenvalue weighted by molar-refractivity contribution is -0.136. The Labute approximate surface area is 256 Å². The van der Waals surface area contributed by atoms with E-state index in [0.717, 1.165) is 12.5 Å². The lowest BCUT2D eigenvalue weighted by Crippen LogP contribution is -2.21. The average molecular weight is 596 g/mol. The van der Waals surface area contributed by atoms with E-state index in [2.05, 4.69) is 62.5 Å². The molecule has 0 aliphatic rings. The first-order chi connectivity index (χ1) is 19.2. The minimum absolute atomic E-state index is 0.00926. The lowest BCUT2D eigenvalue weighted by Gasteiger charge is -2.07. The Bertz CT molecular complexity index is 841. The van der Waals surface area contributed by atoms with E-state index >= 15 is 0 Å². The van der Waals surface area contributed by atoms with Crippen LogP contribution in [0.1, 0.15) is 41.0 Å². The molecule has 0 bridgehead atoms. The predicted molar refractivity (Wildman–Crippen MR) is 176 cm³/mol. The van der Waals surface area contributed by atoms with Crippen molar-refractivity contribution in [3.63, 3.8) is 0 Å². The molecule has 3 amide bonds. The number of hydrogen-bond donors (Lipinski definition) is 0. The minimum atomic E-state index is -0.394. The van der Waals surface area contributed by atoms with Crippen LogP contribution in [0.2, 0.25) is 0 Å². The Balaban J connectivity index is -0.0000000693. The third-order valence-corrected chi connectivity index (χ3v) is 3.35. The van der Waals surface area contributed by atoms with Crippen LogP contribution in [-0.2, 0) is 33.4 Å². The molecule has 10 heteroatoms. The fourth-order valence-corrected chi connectivity index (χ4v) is 0.950. The van der Waals surface area contributed by atoms with Gasteiger partial charge in [-0.05, 0) is 39.5 Å².